The van der Waals surface area contributed by atoms with Crippen molar-refractivity contribution in [3.05, 3.63) is 24.3 Å². The maximum Gasteiger partial charge on any atom is 0.220 e. The topological polar surface area (TPSA) is 228 Å². The van der Waals surface area contributed by atoms with Crippen molar-refractivity contribution in [2.75, 3.05) is 19.8 Å². The van der Waals surface area contributed by atoms with E-state index in [0.29, 0.717) is 6.42 Å². The smallest absolute Gasteiger partial charge is 0.220 e. The summed E-state index contributed by atoms with van der Waals surface area (Å²) in [4.78, 5) is 13.3. The van der Waals surface area contributed by atoms with Gasteiger partial charge in [-0.3, -0.25) is 4.79 Å². The Bertz CT molecular complexity index is 1470. The molecule has 0 saturated carbocycles. The molecule has 0 bridgehead atoms. The van der Waals surface area contributed by atoms with Crippen LogP contribution in [0.4, 0.5) is 0 Å². The largest absolute Gasteiger partial charge is 0.394 e. The van der Waals surface area contributed by atoms with Gasteiger partial charge in [0.15, 0.2) is 12.6 Å². The van der Waals surface area contributed by atoms with Gasteiger partial charge in [0, 0.05) is 6.42 Å². The molecule has 12 unspecified atom stereocenters. The number of ether oxygens (including phenoxy) is 4. The Kier molecular flexibility index (Phi) is 50.1. The molecule has 14 heteroatoms. The molecule has 2 aliphatic rings. The van der Waals surface area contributed by atoms with Crippen molar-refractivity contribution < 1.29 is 64.6 Å². The number of amides is 1. The third kappa shape index (κ3) is 37.9. The summed E-state index contributed by atoms with van der Waals surface area (Å²) in [5.74, 6) is -0.233. The molecule has 12 atom stereocenters. The van der Waals surface area contributed by atoms with Crippen molar-refractivity contribution in [3.63, 3.8) is 0 Å². The molecular weight excluding hydrogens is 1040 g/mol. The lowest BCUT2D eigenvalue weighted by atomic mass is 9.97. The second kappa shape index (κ2) is 53.7. The molecule has 0 aliphatic carbocycles. The van der Waals surface area contributed by atoms with Crippen molar-refractivity contribution in [2.24, 2.45) is 0 Å². The standard InChI is InChI=1S/C68H129NO13/c1-3-5-7-9-11-13-15-17-19-21-22-23-24-25-26-27-28-29-30-31-32-33-34-36-38-40-42-44-46-48-50-52-60(73)69-56(57(72)51-49-47-45-43-41-39-37-35-20-18-16-14-12-10-8-6-4-2)55-79-67-65(78)63(76)66(59(54-71)81-67)82-68-64(77)62(75)61(74)58(53-70)80-68/h21-22,49,51,56-59,61-68,70-72,74-78H,3-20,23-48,50,52-55H2,1-2H3,(H,69,73)/b22-21-,51-49+. The molecule has 2 aliphatic heterocycles. The van der Waals surface area contributed by atoms with Gasteiger partial charge < -0.3 is 65.1 Å². The second-order valence-corrected chi connectivity index (χ2v) is 24.7. The number of unbranched alkanes of at least 4 members (excludes halogenated alkanes) is 42. The van der Waals surface area contributed by atoms with Crippen molar-refractivity contribution in [1.82, 2.24) is 5.32 Å². The molecule has 484 valence electrons. The Morgan fingerprint density at radius 2 is 0.768 bits per heavy atom. The Labute approximate surface area is 500 Å². The first-order valence-electron chi connectivity index (χ1n) is 34.6. The van der Waals surface area contributed by atoms with E-state index in [1.807, 2.05) is 6.08 Å². The van der Waals surface area contributed by atoms with Gasteiger partial charge in [-0.05, 0) is 44.9 Å². The summed E-state index contributed by atoms with van der Waals surface area (Å²) in [5, 5.41) is 87.3. The Morgan fingerprint density at radius 3 is 1.16 bits per heavy atom. The second-order valence-electron chi connectivity index (χ2n) is 24.7. The van der Waals surface area contributed by atoms with Gasteiger partial charge in [0.1, 0.15) is 48.8 Å². The summed E-state index contributed by atoms with van der Waals surface area (Å²) in [6.07, 6.45) is 49.5. The maximum atomic E-state index is 13.3. The van der Waals surface area contributed by atoms with Gasteiger partial charge in [0.05, 0.1) is 32.0 Å². The molecule has 0 aromatic heterocycles. The molecule has 0 radical (unpaired) electrons. The number of rotatable bonds is 57. The van der Waals surface area contributed by atoms with Gasteiger partial charge in [-0.1, -0.05) is 282 Å². The van der Waals surface area contributed by atoms with E-state index in [0.717, 1.165) is 38.5 Å². The number of nitrogens with one attached hydrogen (secondary N) is 1. The molecule has 1 amide bonds. The van der Waals surface area contributed by atoms with E-state index in [2.05, 4.69) is 31.3 Å². The average molecular weight is 1170 g/mol. The highest BCUT2D eigenvalue weighted by atomic mass is 16.7. The van der Waals surface area contributed by atoms with E-state index in [-0.39, 0.29) is 18.9 Å². The summed E-state index contributed by atoms with van der Waals surface area (Å²) in [6, 6.07) is -0.912. The van der Waals surface area contributed by atoms with Crippen molar-refractivity contribution in [2.45, 2.75) is 383 Å². The molecule has 2 heterocycles. The predicted octanol–water partition coefficient (Wildman–Crippen LogP) is 13.6. The fourth-order valence-electron chi connectivity index (χ4n) is 11.6. The SMILES string of the molecule is CCCCCCCCCC/C=C\CCCCCCCCCCCCCCCCCCCCCC(=O)NC(COC1OC(CO)C(OC2OC(CO)C(O)C(O)C2O)C(O)C1O)C(O)/C=C/CCCCCCCCCCCCCCCCC. The normalized spacial score (nSPS) is 24.0. The molecular formula is C68H129NO13. The third-order valence-electron chi connectivity index (χ3n) is 17.1. The van der Waals surface area contributed by atoms with Crippen LogP contribution in [0.25, 0.3) is 0 Å². The summed E-state index contributed by atoms with van der Waals surface area (Å²) in [7, 11) is 0. The minimum Gasteiger partial charge on any atom is -0.394 e. The van der Waals surface area contributed by atoms with Gasteiger partial charge in [-0.15, -0.1) is 0 Å². The number of aliphatic hydroxyl groups excluding tert-OH is 8. The number of carbonyl (C=O) groups is 1. The first-order valence-corrected chi connectivity index (χ1v) is 34.6. The van der Waals surface area contributed by atoms with Crippen LogP contribution in [0.5, 0.6) is 0 Å². The molecule has 0 spiro atoms. The quantitative estimate of drug-likeness (QED) is 0.0204. The molecule has 14 nitrogen and oxygen atoms in total. The molecule has 2 rings (SSSR count). The number of hydrogen-bond acceptors (Lipinski definition) is 13. The molecule has 2 fully saturated rings. The van der Waals surface area contributed by atoms with Crippen LogP contribution in [-0.2, 0) is 23.7 Å². The highest BCUT2D eigenvalue weighted by molar-refractivity contribution is 5.76. The Hall–Kier alpha value is -1.53. The van der Waals surface area contributed by atoms with Crippen LogP contribution in [0.2, 0.25) is 0 Å². The number of hydrogen-bond donors (Lipinski definition) is 9. The minimum atomic E-state index is -1.79. The van der Waals surface area contributed by atoms with E-state index in [4.69, 9.17) is 18.9 Å². The predicted molar refractivity (Wildman–Crippen MR) is 332 cm³/mol. The lowest BCUT2D eigenvalue weighted by Gasteiger charge is -2.46. The van der Waals surface area contributed by atoms with E-state index in [1.54, 1.807) is 6.08 Å². The number of aliphatic hydroxyl groups is 8. The van der Waals surface area contributed by atoms with E-state index >= 15 is 0 Å². The van der Waals surface area contributed by atoms with Crippen molar-refractivity contribution in [3.8, 4) is 0 Å². The summed E-state index contributed by atoms with van der Waals surface area (Å²) in [6.45, 7) is 2.84. The summed E-state index contributed by atoms with van der Waals surface area (Å²) < 4.78 is 22.8. The van der Waals surface area contributed by atoms with Gasteiger partial charge in [0.2, 0.25) is 5.91 Å². The zero-order chi connectivity index (χ0) is 59.5. The van der Waals surface area contributed by atoms with Gasteiger partial charge in [-0.2, -0.15) is 0 Å². The number of carbonyl (C=O) groups excluding carboxylic acids is 1. The van der Waals surface area contributed by atoms with E-state index < -0.39 is 86.8 Å². The molecule has 2 saturated heterocycles. The Balaban J connectivity index is 1.64. The van der Waals surface area contributed by atoms with Crippen LogP contribution in [-0.4, -0.2) is 140 Å². The Morgan fingerprint density at radius 1 is 0.427 bits per heavy atom. The van der Waals surface area contributed by atoms with Crippen LogP contribution in [0, 0.1) is 0 Å². The van der Waals surface area contributed by atoms with Crippen LogP contribution in [0.1, 0.15) is 309 Å². The molecule has 0 aromatic carbocycles. The fourth-order valence-corrected chi connectivity index (χ4v) is 11.6. The van der Waals surface area contributed by atoms with Gasteiger partial charge in [-0.25, -0.2) is 0 Å². The van der Waals surface area contributed by atoms with Gasteiger partial charge >= 0.3 is 0 Å². The first kappa shape index (κ1) is 76.6. The summed E-state index contributed by atoms with van der Waals surface area (Å²) >= 11 is 0. The molecule has 9 N–H and O–H groups in total. The van der Waals surface area contributed by atoms with Crippen LogP contribution >= 0.6 is 0 Å². The lowest BCUT2D eigenvalue weighted by Crippen LogP contribution is -2.65. The van der Waals surface area contributed by atoms with E-state index in [1.165, 1.54) is 244 Å². The minimum absolute atomic E-state index is 0.233. The fraction of sp³-hybridized carbons (Fsp3) is 0.926. The molecule has 0 aromatic rings. The van der Waals surface area contributed by atoms with Crippen LogP contribution in [0.15, 0.2) is 24.3 Å². The molecule has 82 heavy (non-hydrogen) atoms. The van der Waals surface area contributed by atoms with E-state index in [9.17, 15) is 45.6 Å². The highest BCUT2D eigenvalue weighted by Crippen LogP contribution is 2.30. The van der Waals surface area contributed by atoms with Crippen LogP contribution < -0.4 is 5.32 Å². The lowest BCUT2D eigenvalue weighted by molar-refractivity contribution is -0.359. The monoisotopic (exact) mass is 1170 g/mol. The van der Waals surface area contributed by atoms with Crippen molar-refractivity contribution in [1.29, 1.82) is 0 Å². The third-order valence-corrected chi connectivity index (χ3v) is 17.1. The average Bonchev–Trinajstić information content (AvgIpc) is 3.52. The van der Waals surface area contributed by atoms with Gasteiger partial charge in [0.25, 0.3) is 0 Å². The zero-order valence-electron chi connectivity index (χ0n) is 52.5. The number of allylic oxidation sites excluding steroid dienone is 3. The first-order chi connectivity index (χ1) is 40.1. The zero-order valence-corrected chi connectivity index (χ0v) is 52.5. The highest BCUT2D eigenvalue weighted by Gasteiger charge is 2.51. The van der Waals surface area contributed by atoms with Crippen LogP contribution in [0.3, 0.4) is 0 Å². The van der Waals surface area contributed by atoms with Crippen molar-refractivity contribution >= 4 is 5.91 Å². The maximum absolute atomic E-state index is 13.3. The summed E-state index contributed by atoms with van der Waals surface area (Å²) in [5.41, 5.74) is 0.